The molecular formula is C14H28MgO6S. The number of hydrogen-bond acceptors (Lipinski definition) is 6. The van der Waals surface area contributed by atoms with Crippen molar-refractivity contribution >= 4 is 45.4 Å². The Morgan fingerprint density at radius 3 is 1.77 bits per heavy atom. The molecule has 0 atom stereocenters. The largest absolute Gasteiger partial charge is 2.00 e. The SMILES string of the molecule is CCCCCCCCCCCC(=O)OS(=O)(=O)OC(C)=O.[H-].[H-].[Mg+2]. The van der Waals surface area contributed by atoms with Gasteiger partial charge in [0.15, 0.2) is 0 Å². The van der Waals surface area contributed by atoms with Crippen LogP contribution in [0.3, 0.4) is 0 Å². The average Bonchev–Trinajstić information content (AvgIpc) is 2.34. The zero-order valence-electron chi connectivity index (χ0n) is 15.6. The average molecular weight is 349 g/mol. The van der Waals surface area contributed by atoms with Crippen LogP contribution in [0.5, 0.6) is 0 Å². The molecular weight excluding hydrogens is 321 g/mol. The first-order chi connectivity index (χ1) is 9.87. The summed E-state index contributed by atoms with van der Waals surface area (Å²) in [7, 11) is -4.54. The molecule has 0 aromatic heterocycles. The van der Waals surface area contributed by atoms with Crippen molar-refractivity contribution in [2.45, 2.75) is 78.1 Å². The van der Waals surface area contributed by atoms with E-state index in [9.17, 15) is 18.0 Å². The Balaban J connectivity index is -0.000000667. The fourth-order valence-corrected chi connectivity index (χ4v) is 2.53. The number of carbonyl (C=O) groups excluding carboxylic acids is 2. The Morgan fingerprint density at radius 2 is 1.32 bits per heavy atom. The fraction of sp³-hybridized carbons (Fsp3) is 0.857. The second kappa shape index (κ2) is 14.3. The minimum Gasteiger partial charge on any atom is -1.00 e. The van der Waals surface area contributed by atoms with Gasteiger partial charge >= 0.3 is 45.4 Å². The van der Waals surface area contributed by atoms with Gasteiger partial charge in [-0.05, 0) is 6.42 Å². The Morgan fingerprint density at radius 1 is 0.864 bits per heavy atom. The van der Waals surface area contributed by atoms with Gasteiger partial charge in [-0.25, -0.2) is 0 Å². The zero-order chi connectivity index (χ0) is 16.1. The van der Waals surface area contributed by atoms with Gasteiger partial charge in [0.1, 0.15) is 0 Å². The molecule has 0 unspecified atom stereocenters. The molecule has 0 spiro atoms. The van der Waals surface area contributed by atoms with Crippen LogP contribution in [0.4, 0.5) is 0 Å². The summed E-state index contributed by atoms with van der Waals surface area (Å²) in [5.74, 6) is -1.93. The van der Waals surface area contributed by atoms with E-state index in [1.54, 1.807) is 0 Å². The molecule has 0 fully saturated rings. The summed E-state index contributed by atoms with van der Waals surface area (Å²) in [6, 6.07) is 0. The summed E-state index contributed by atoms with van der Waals surface area (Å²) in [4.78, 5) is 21.7. The zero-order valence-corrected chi connectivity index (χ0v) is 15.9. The van der Waals surface area contributed by atoms with Gasteiger partial charge in [0.25, 0.3) is 0 Å². The maximum Gasteiger partial charge on any atom is 2.00 e. The van der Waals surface area contributed by atoms with Gasteiger partial charge in [-0.1, -0.05) is 58.3 Å². The Bertz CT molecular complexity index is 417. The first-order valence-corrected chi connectivity index (χ1v) is 8.88. The maximum atomic E-state index is 11.3. The van der Waals surface area contributed by atoms with Crippen LogP contribution >= 0.6 is 0 Å². The summed E-state index contributed by atoms with van der Waals surface area (Å²) in [6.45, 7) is 3.10. The van der Waals surface area contributed by atoms with Gasteiger partial charge in [0.05, 0.1) is 0 Å². The third-order valence-corrected chi connectivity index (χ3v) is 3.73. The van der Waals surface area contributed by atoms with Crippen molar-refractivity contribution in [2.75, 3.05) is 0 Å². The van der Waals surface area contributed by atoms with E-state index < -0.39 is 22.3 Å². The van der Waals surface area contributed by atoms with E-state index in [2.05, 4.69) is 15.3 Å². The molecule has 0 aliphatic heterocycles. The Labute approximate surface area is 152 Å². The molecule has 0 saturated carbocycles. The molecule has 22 heavy (non-hydrogen) atoms. The summed E-state index contributed by atoms with van der Waals surface area (Å²) in [5, 5.41) is 0. The first-order valence-electron chi connectivity index (χ1n) is 7.54. The Kier molecular flexibility index (Phi) is 15.5. The molecule has 128 valence electrons. The van der Waals surface area contributed by atoms with Crippen LogP contribution in [-0.4, -0.2) is 43.4 Å². The molecule has 0 amide bonds. The predicted molar refractivity (Wildman–Crippen MR) is 86.6 cm³/mol. The van der Waals surface area contributed by atoms with E-state index in [4.69, 9.17) is 0 Å². The molecule has 0 saturated heterocycles. The smallest absolute Gasteiger partial charge is 1.00 e. The van der Waals surface area contributed by atoms with Crippen molar-refractivity contribution in [1.82, 2.24) is 0 Å². The second-order valence-electron chi connectivity index (χ2n) is 5.02. The first kappa shape index (κ1) is 23.9. The minimum atomic E-state index is -4.54. The van der Waals surface area contributed by atoms with E-state index in [0.717, 1.165) is 26.2 Å². The fourth-order valence-electron chi connectivity index (χ4n) is 1.90. The molecule has 0 aromatic rings. The van der Waals surface area contributed by atoms with E-state index in [1.807, 2.05) is 0 Å². The molecule has 8 heteroatoms. The molecule has 0 aliphatic carbocycles. The van der Waals surface area contributed by atoms with Crippen molar-refractivity contribution in [2.24, 2.45) is 0 Å². The van der Waals surface area contributed by atoms with Crippen molar-refractivity contribution < 1.29 is 29.2 Å². The van der Waals surface area contributed by atoms with Gasteiger partial charge in [-0.2, -0.15) is 0 Å². The van der Waals surface area contributed by atoms with E-state index in [1.165, 1.54) is 32.1 Å². The van der Waals surface area contributed by atoms with Crippen LogP contribution in [0.25, 0.3) is 0 Å². The van der Waals surface area contributed by atoms with Crippen molar-refractivity contribution in [3.63, 3.8) is 0 Å². The predicted octanol–water partition coefficient (Wildman–Crippen LogP) is 3.10. The Hall–Kier alpha value is -0.344. The van der Waals surface area contributed by atoms with Crippen LogP contribution in [0, 0.1) is 0 Å². The number of carbonyl (C=O) groups is 2. The number of hydrogen-bond donors (Lipinski definition) is 0. The summed E-state index contributed by atoms with van der Waals surface area (Å²) >= 11 is 0. The van der Waals surface area contributed by atoms with E-state index in [-0.39, 0.29) is 32.3 Å². The summed E-state index contributed by atoms with van der Waals surface area (Å²) in [6.07, 6.45) is 9.83. The molecule has 0 rings (SSSR count). The third kappa shape index (κ3) is 16.0. The van der Waals surface area contributed by atoms with Crippen molar-refractivity contribution in [3.05, 3.63) is 0 Å². The van der Waals surface area contributed by atoms with Gasteiger partial charge in [-0.15, -0.1) is 8.42 Å². The molecule has 0 N–H and O–H groups in total. The number of rotatable bonds is 12. The molecule has 0 aromatic carbocycles. The number of unbranched alkanes of at least 4 members (excludes halogenated alkanes) is 8. The third-order valence-electron chi connectivity index (χ3n) is 2.90. The molecule has 0 heterocycles. The molecule has 0 aliphatic rings. The minimum absolute atomic E-state index is 0. The molecule has 0 bridgehead atoms. The summed E-state index contributed by atoms with van der Waals surface area (Å²) in [5.41, 5.74) is 0. The molecule has 0 radical (unpaired) electrons. The quantitative estimate of drug-likeness (QED) is 0.398. The standard InChI is InChI=1S/C14H26O6S.Mg.2H/c1-3-4-5-6-7-8-9-10-11-12-14(16)20-21(17,18)19-13(2)15;;;/h3-12H2,1-2H3;;;/q;+2;2*-1. The monoisotopic (exact) mass is 348 g/mol. The van der Waals surface area contributed by atoms with Crippen LogP contribution < -0.4 is 0 Å². The van der Waals surface area contributed by atoms with Gasteiger partial charge < -0.3 is 11.2 Å². The van der Waals surface area contributed by atoms with Crippen LogP contribution in [-0.2, 0) is 28.4 Å². The topological polar surface area (TPSA) is 86.7 Å². The van der Waals surface area contributed by atoms with Gasteiger partial charge in [0.2, 0.25) is 0 Å². The summed E-state index contributed by atoms with van der Waals surface area (Å²) < 4.78 is 30.1. The molecule has 6 nitrogen and oxygen atoms in total. The van der Waals surface area contributed by atoms with Crippen LogP contribution in [0.2, 0.25) is 0 Å². The van der Waals surface area contributed by atoms with Crippen LogP contribution in [0.1, 0.15) is 80.9 Å². The normalized spacial score (nSPS) is 10.6. The van der Waals surface area contributed by atoms with Crippen molar-refractivity contribution in [3.8, 4) is 0 Å². The van der Waals surface area contributed by atoms with Gasteiger partial charge in [0, 0.05) is 13.3 Å². The van der Waals surface area contributed by atoms with E-state index >= 15 is 0 Å². The maximum absolute atomic E-state index is 11.3. The van der Waals surface area contributed by atoms with Crippen molar-refractivity contribution in [1.29, 1.82) is 0 Å². The van der Waals surface area contributed by atoms with Gasteiger partial charge in [-0.3, -0.25) is 9.59 Å². The van der Waals surface area contributed by atoms with E-state index in [0.29, 0.717) is 6.42 Å². The second-order valence-corrected chi connectivity index (χ2v) is 6.17. The van der Waals surface area contributed by atoms with Crippen LogP contribution in [0.15, 0.2) is 0 Å².